The van der Waals surface area contributed by atoms with Crippen LogP contribution in [-0.4, -0.2) is 21.8 Å². The van der Waals surface area contributed by atoms with Gasteiger partial charge >= 0.3 is 200 Å². The van der Waals surface area contributed by atoms with Crippen molar-refractivity contribution in [3.8, 4) is 0 Å². The van der Waals surface area contributed by atoms with Gasteiger partial charge in [0, 0.05) is 0 Å². The molecule has 0 N–H and O–H groups in total. The predicted octanol–water partition coefficient (Wildman–Crippen LogP) is 6.10. The molecule has 0 bridgehead atoms. The molecule has 0 fully saturated rings. The molecule has 0 unspecified atom stereocenters. The molecule has 0 aliphatic heterocycles. The van der Waals surface area contributed by atoms with Crippen LogP contribution in [0.15, 0.2) is 72.8 Å². The van der Waals surface area contributed by atoms with Gasteiger partial charge in [0.25, 0.3) is 0 Å². The van der Waals surface area contributed by atoms with E-state index in [4.69, 9.17) is 0 Å². The van der Waals surface area contributed by atoms with Crippen molar-refractivity contribution in [2.45, 2.75) is 78.6 Å². The molecule has 0 aromatic heterocycles. The zero-order valence-corrected chi connectivity index (χ0v) is 24.4. The Morgan fingerprint density at radius 3 is 0.710 bits per heavy atom. The van der Waals surface area contributed by atoms with Gasteiger partial charge in [0.05, 0.1) is 0 Å². The van der Waals surface area contributed by atoms with E-state index in [0.29, 0.717) is 0 Å². The van der Waals surface area contributed by atoms with Gasteiger partial charge in [-0.1, -0.05) is 0 Å². The third kappa shape index (κ3) is 5.87. The first-order valence-corrected chi connectivity index (χ1v) is 16.6. The molecule has 164 valence electrons. The normalized spacial score (nSPS) is 13.0. The van der Waals surface area contributed by atoms with Crippen molar-refractivity contribution in [3.05, 3.63) is 89.5 Å². The fourth-order valence-electron chi connectivity index (χ4n) is 3.78. The standard InChI is InChI=1S/3C10H13.Bi/c3*1-10(2,3)9-7-5-4-6-8-9;/h3*5-8H,1-3H3;. The van der Waals surface area contributed by atoms with Gasteiger partial charge < -0.3 is 0 Å². The second-order valence-corrected chi connectivity index (χ2v) is 20.4. The van der Waals surface area contributed by atoms with Crippen LogP contribution in [0.3, 0.4) is 0 Å². The van der Waals surface area contributed by atoms with Crippen LogP contribution >= 0.6 is 0 Å². The van der Waals surface area contributed by atoms with Crippen LogP contribution in [0.4, 0.5) is 0 Å². The minimum atomic E-state index is -2.36. The molecule has 0 atom stereocenters. The molecule has 0 saturated carbocycles. The van der Waals surface area contributed by atoms with Gasteiger partial charge in [0.2, 0.25) is 0 Å². The van der Waals surface area contributed by atoms with Crippen LogP contribution in [-0.2, 0) is 16.2 Å². The van der Waals surface area contributed by atoms with Crippen molar-refractivity contribution in [3.63, 3.8) is 0 Å². The van der Waals surface area contributed by atoms with Crippen LogP contribution in [0.1, 0.15) is 79.0 Å². The Morgan fingerprint density at radius 1 is 0.355 bits per heavy atom. The van der Waals surface area contributed by atoms with Crippen LogP contribution in [0.5, 0.6) is 0 Å². The maximum atomic E-state index is 2.41. The predicted molar refractivity (Wildman–Crippen MR) is 140 cm³/mol. The topological polar surface area (TPSA) is 0 Å². The summed E-state index contributed by atoms with van der Waals surface area (Å²) < 4.78 is 4.65. The van der Waals surface area contributed by atoms with Crippen molar-refractivity contribution in [1.82, 2.24) is 0 Å². The summed E-state index contributed by atoms with van der Waals surface area (Å²) in [6.07, 6.45) is 0. The first kappa shape index (κ1) is 24.2. The van der Waals surface area contributed by atoms with Crippen LogP contribution in [0.25, 0.3) is 0 Å². The van der Waals surface area contributed by atoms with E-state index >= 15 is 0 Å². The Bertz CT molecular complexity index is 850. The molecule has 0 nitrogen and oxygen atoms in total. The van der Waals surface area contributed by atoms with Gasteiger partial charge in [-0.05, 0) is 0 Å². The molecule has 0 heterocycles. The van der Waals surface area contributed by atoms with Gasteiger partial charge in [-0.3, -0.25) is 0 Å². The molecule has 0 aliphatic carbocycles. The van der Waals surface area contributed by atoms with E-state index in [1.807, 2.05) is 0 Å². The monoisotopic (exact) mass is 608 g/mol. The molecule has 31 heavy (non-hydrogen) atoms. The Hall–Kier alpha value is -1.46. The summed E-state index contributed by atoms with van der Waals surface area (Å²) in [5, 5.41) is 0. The Labute approximate surface area is 198 Å². The van der Waals surface area contributed by atoms with E-state index in [0.717, 1.165) is 0 Å². The van der Waals surface area contributed by atoms with E-state index < -0.39 is 21.8 Å². The molecule has 0 saturated heterocycles. The van der Waals surface area contributed by atoms with E-state index in [9.17, 15) is 0 Å². The van der Waals surface area contributed by atoms with Gasteiger partial charge in [0.15, 0.2) is 0 Å². The van der Waals surface area contributed by atoms with Crippen molar-refractivity contribution in [1.29, 1.82) is 0 Å². The minimum absolute atomic E-state index is 0.186. The summed E-state index contributed by atoms with van der Waals surface area (Å²) >= 11 is -2.36. The van der Waals surface area contributed by atoms with Crippen LogP contribution in [0, 0.1) is 0 Å². The number of rotatable bonds is 3. The van der Waals surface area contributed by atoms with Gasteiger partial charge in [0.1, 0.15) is 0 Å². The Morgan fingerprint density at radius 2 is 0.548 bits per heavy atom. The van der Waals surface area contributed by atoms with E-state index in [1.165, 1.54) is 16.7 Å². The van der Waals surface area contributed by atoms with E-state index in [1.54, 1.807) is 9.81 Å². The van der Waals surface area contributed by atoms with E-state index in [-0.39, 0.29) is 16.2 Å². The fourth-order valence-corrected chi connectivity index (χ4v) is 12.5. The number of hydrogen-bond donors (Lipinski definition) is 0. The number of hydrogen-bond acceptors (Lipinski definition) is 0. The summed E-state index contributed by atoms with van der Waals surface area (Å²) in [7, 11) is 0. The second kappa shape index (κ2) is 8.82. The molecule has 0 amide bonds. The zero-order chi connectivity index (χ0) is 23.0. The molecule has 0 spiro atoms. The van der Waals surface area contributed by atoms with Gasteiger partial charge in [-0.2, -0.15) is 0 Å². The summed E-state index contributed by atoms with van der Waals surface area (Å²) in [4.78, 5) is 0. The summed E-state index contributed by atoms with van der Waals surface area (Å²) in [6, 6.07) is 28.6. The van der Waals surface area contributed by atoms with Crippen LogP contribution < -0.4 is 9.81 Å². The average molecular weight is 609 g/mol. The molecule has 0 radical (unpaired) electrons. The average Bonchev–Trinajstić information content (AvgIpc) is 2.67. The first-order valence-electron chi connectivity index (χ1n) is 11.4. The third-order valence-electron chi connectivity index (χ3n) is 5.97. The SMILES string of the molecule is CC(C)(C)c1cc[c]([Bi]([c]2ccc(C(C)(C)C)cc2)[c]2ccc(C(C)(C)C)cc2)cc1. The second-order valence-electron chi connectivity index (χ2n) is 11.7. The quantitative estimate of drug-likeness (QED) is 0.316. The number of benzene rings is 3. The molecule has 3 aromatic carbocycles. The molecule has 3 rings (SSSR count). The Kier molecular flexibility index (Phi) is 6.88. The van der Waals surface area contributed by atoms with Crippen molar-refractivity contribution in [2.24, 2.45) is 0 Å². The van der Waals surface area contributed by atoms with Crippen LogP contribution in [0.2, 0.25) is 0 Å². The zero-order valence-electron chi connectivity index (χ0n) is 20.9. The molecular weight excluding hydrogens is 569 g/mol. The first-order chi connectivity index (χ1) is 14.3. The summed E-state index contributed by atoms with van der Waals surface area (Å²) in [5.41, 5.74) is 4.78. The van der Waals surface area contributed by atoms with Crippen molar-refractivity contribution in [2.75, 3.05) is 0 Å². The molecular formula is C30H39Bi. The maximum absolute atomic E-state index is 2.41. The molecule has 1 heteroatoms. The molecule has 3 aromatic rings. The van der Waals surface area contributed by atoms with Crippen molar-refractivity contribution >= 4 is 31.6 Å². The summed E-state index contributed by atoms with van der Waals surface area (Å²) in [6.45, 7) is 20.6. The Balaban J connectivity index is 2.08. The third-order valence-corrected chi connectivity index (χ3v) is 15.5. The summed E-state index contributed by atoms with van der Waals surface area (Å²) in [5.74, 6) is 0. The van der Waals surface area contributed by atoms with E-state index in [2.05, 4.69) is 135 Å². The van der Waals surface area contributed by atoms with Gasteiger partial charge in [-0.25, -0.2) is 0 Å². The van der Waals surface area contributed by atoms with Crippen molar-refractivity contribution < 1.29 is 0 Å². The fraction of sp³-hybridized carbons (Fsp3) is 0.400. The van der Waals surface area contributed by atoms with Gasteiger partial charge in [-0.15, -0.1) is 0 Å². The molecule has 0 aliphatic rings.